The van der Waals surface area contributed by atoms with Gasteiger partial charge in [0.15, 0.2) is 17.3 Å². The first kappa shape index (κ1) is 17.3. The van der Waals surface area contributed by atoms with Crippen molar-refractivity contribution in [2.45, 2.75) is 6.92 Å². The lowest BCUT2D eigenvalue weighted by Gasteiger charge is -2.35. The molecule has 9 heteroatoms. The molecule has 0 amide bonds. The van der Waals surface area contributed by atoms with Gasteiger partial charge in [0.1, 0.15) is 17.5 Å². The molecular formula is C18H18FN3O5. The summed E-state index contributed by atoms with van der Waals surface area (Å²) in [6.07, 6.45) is 1.13. The van der Waals surface area contributed by atoms with Gasteiger partial charge in [0.2, 0.25) is 5.43 Å². The standard InChI is InChI=1S/C18H18FN3O5/c1-10-9-26-17-14-11(16(23)13(8-22(10)14)27-18(24)25)7-12(19)15(17)21-5-3-20(2)4-6-21/h7-9H,3-6H2,1-2H3,(H,24,25). The summed E-state index contributed by atoms with van der Waals surface area (Å²) in [5.41, 5.74) is 0.609. The van der Waals surface area contributed by atoms with Gasteiger partial charge in [-0.3, -0.25) is 4.79 Å². The van der Waals surface area contributed by atoms with Crippen molar-refractivity contribution in [1.82, 2.24) is 9.47 Å². The average molecular weight is 375 g/mol. The zero-order valence-electron chi connectivity index (χ0n) is 14.9. The molecule has 0 atom stereocenters. The van der Waals surface area contributed by atoms with Gasteiger partial charge in [0, 0.05) is 26.2 Å². The number of benzene rings is 1. The second kappa shape index (κ2) is 6.27. The van der Waals surface area contributed by atoms with Crippen molar-refractivity contribution in [2.75, 3.05) is 38.1 Å². The van der Waals surface area contributed by atoms with Gasteiger partial charge in [-0.1, -0.05) is 0 Å². The molecule has 4 rings (SSSR count). The van der Waals surface area contributed by atoms with Crippen LogP contribution in [0.5, 0.6) is 11.5 Å². The molecule has 2 aliphatic heterocycles. The van der Waals surface area contributed by atoms with Gasteiger partial charge in [-0.25, -0.2) is 9.18 Å². The Morgan fingerprint density at radius 1 is 1.30 bits per heavy atom. The Bertz CT molecular complexity index is 1040. The van der Waals surface area contributed by atoms with Crippen molar-refractivity contribution < 1.29 is 23.8 Å². The van der Waals surface area contributed by atoms with Crippen LogP contribution in [0.2, 0.25) is 0 Å². The molecule has 27 heavy (non-hydrogen) atoms. The fraction of sp³-hybridized carbons (Fsp3) is 0.333. The average Bonchev–Trinajstić information content (AvgIpc) is 2.62. The number of rotatable bonds is 2. The molecule has 1 N–H and O–H groups in total. The van der Waals surface area contributed by atoms with Crippen LogP contribution in [0.25, 0.3) is 16.6 Å². The monoisotopic (exact) mass is 375 g/mol. The number of carbonyl (C=O) groups is 1. The minimum absolute atomic E-state index is 0.00609. The minimum atomic E-state index is -1.61. The van der Waals surface area contributed by atoms with Gasteiger partial charge in [-0.15, -0.1) is 0 Å². The summed E-state index contributed by atoms with van der Waals surface area (Å²) < 4.78 is 26.9. The number of nitrogens with zero attached hydrogens (tertiary/aromatic N) is 3. The van der Waals surface area contributed by atoms with E-state index in [1.165, 1.54) is 12.5 Å². The molecule has 1 aromatic carbocycles. The molecule has 2 aromatic rings. The molecule has 0 radical (unpaired) electrons. The molecule has 0 aliphatic carbocycles. The molecule has 0 bridgehead atoms. The highest BCUT2D eigenvalue weighted by Crippen LogP contribution is 2.42. The smallest absolute Gasteiger partial charge is 0.459 e. The molecule has 142 valence electrons. The minimum Gasteiger partial charge on any atom is -0.459 e. The Morgan fingerprint density at radius 3 is 2.67 bits per heavy atom. The van der Waals surface area contributed by atoms with Crippen LogP contribution in [0.4, 0.5) is 14.9 Å². The number of hydrogen-bond donors (Lipinski definition) is 1. The van der Waals surface area contributed by atoms with E-state index in [9.17, 15) is 9.59 Å². The molecule has 3 heterocycles. The number of aromatic nitrogens is 1. The first-order valence-corrected chi connectivity index (χ1v) is 8.46. The number of allylic oxidation sites excluding steroid dienone is 1. The first-order valence-electron chi connectivity index (χ1n) is 8.46. The topological polar surface area (TPSA) is 84.2 Å². The van der Waals surface area contributed by atoms with Crippen LogP contribution in [0.3, 0.4) is 0 Å². The van der Waals surface area contributed by atoms with E-state index >= 15 is 4.39 Å². The van der Waals surface area contributed by atoms with Gasteiger partial charge < -0.3 is 28.9 Å². The molecule has 1 fully saturated rings. The van der Waals surface area contributed by atoms with E-state index in [4.69, 9.17) is 9.84 Å². The summed E-state index contributed by atoms with van der Waals surface area (Å²) in [6.45, 7) is 4.55. The van der Waals surface area contributed by atoms with Gasteiger partial charge >= 0.3 is 6.16 Å². The molecule has 2 aliphatic rings. The number of halogens is 1. The third-order valence-electron chi connectivity index (χ3n) is 4.88. The normalized spacial score (nSPS) is 16.9. The summed E-state index contributed by atoms with van der Waals surface area (Å²) in [5.74, 6) is -0.729. The summed E-state index contributed by atoms with van der Waals surface area (Å²) in [4.78, 5) is 27.6. The Balaban J connectivity index is 1.97. The van der Waals surface area contributed by atoms with Gasteiger partial charge in [-0.05, 0) is 20.0 Å². The Hall–Kier alpha value is -3.07. The van der Waals surface area contributed by atoms with Crippen LogP contribution in [0.15, 0.2) is 23.3 Å². The summed E-state index contributed by atoms with van der Waals surface area (Å²) >= 11 is 0. The maximum absolute atomic E-state index is 15.0. The third-order valence-corrected chi connectivity index (χ3v) is 4.88. The van der Waals surface area contributed by atoms with Crippen molar-refractivity contribution in [3.63, 3.8) is 0 Å². The summed E-state index contributed by atoms with van der Waals surface area (Å²) in [5, 5.41) is 8.86. The number of ether oxygens (including phenoxy) is 2. The molecule has 0 saturated carbocycles. The maximum atomic E-state index is 15.0. The lowest BCUT2D eigenvalue weighted by Crippen LogP contribution is -2.45. The van der Waals surface area contributed by atoms with Crippen LogP contribution in [0, 0.1) is 5.82 Å². The van der Waals surface area contributed by atoms with Gasteiger partial charge in [0.05, 0.1) is 17.3 Å². The Morgan fingerprint density at radius 2 is 2.00 bits per heavy atom. The van der Waals surface area contributed by atoms with Gasteiger partial charge in [-0.2, -0.15) is 0 Å². The van der Waals surface area contributed by atoms with E-state index in [2.05, 4.69) is 9.64 Å². The predicted molar refractivity (Wildman–Crippen MR) is 97.1 cm³/mol. The summed E-state index contributed by atoms with van der Waals surface area (Å²) in [6, 6.07) is 1.13. The van der Waals surface area contributed by atoms with Crippen molar-refractivity contribution >= 4 is 28.4 Å². The van der Waals surface area contributed by atoms with Gasteiger partial charge in [0.25, 0.3) is 0 Å². The molecule has 1 aromatic heterocycles. The molecule has 0 spiro atoms. The second-order valence-electron chi connectivity index (χ2n) is 6.66. The van der Waals surface area contributed by atoms with E-state index in [1.54, 1.807) is 11.5 Å². The second-order valence-corrected chi connectivity index (χ2v) is 6.66. The number of piperazine rings is 1. The molecule has 0 unspecified atom stereocenters. The van der Waals surface area contributed by atoms with Crippen LogP contribution in [-0.2, 0) is 0 Å². The largest absolute Gasteiger partial charge is 0.511 e. The zero-order valence-corrected chi connectivity index (χ0v) is 14.9. The van der Waals surface area contributed by atoms with E-state index in [0.717, 1.165) is 19.2 Å². The predicted octanol–water partition coefficient (Wildman–Crippen LogP) is 2.16. The van der Waals surface area contributed by atoms with Crippen LogP contribution >= 0.6 is 0 Å². The van der Waals surface area contributed by atoms with Crippen molar-refractivity contribution in [1.29, 1.82) is 0 Å². The molecule has 8 nitrogen and oxygen atoms in total. The highest BCUT2D eigenvalue weighted by molar-refractivity contribution is 5.95. The van der Waals surface area contributed by atoms with Crippen LogP contribution < -0.4 is 19.8 Å². The molecule has 1 saturated heterocycles. The zero-order chi connectivity index (χ0) is 19.3. The Kier molecular flexibility index (Phi) is 4.03. The third kappa shape index (κ3) is 2.80. The van der Waals surface area contributed by atoms with E-state index in [0.29, 0.717) is 30.0 Å². The lowest BCUT2D eigenvalue weighted by molar-refractivity contribution is 0.144. The van der Waals surface area contributed by atoms with E-state index < -0.39 is 17.4 Å². The number of likely N-dealkylation sites (N-methyl/N-ethyl adjacent to an activating group) is 1. The highest BCUT2D eigenvalue weighted by Gasteiger charge is 2.28. The van der Waals surface area contributed by atoms with Crippen molar-refractivity contribution in [3.05, 3.63) is 34.6 Å². The van der Waals surface area contributed by atoms with E-state index in [-0.39, 0.29) is 16.9 Å². The molecular weight excluding hydrogens is 357 g/mol. The Labute approximate surface area is 153 Å². The number of pyridine rings is 1. The van der Waals surface area contributed by atoms with Crippen molar-refractivity contribution in [3.8, 4) is 11.5 Å². The number of hydrogen-bond acceptors (Lipinski definition) is 6. The number of anilines is 1. The highest BCUT2D eigenvalue weighted by atomic mass is 19.1. The first-order chi connectivity index (χ1) is 12.9. The summed E-state index contributed by atoms with van der Waals surface area (Å²) in [7, 11) is 2.00. The van der Waals surface area contributed by atoms with Crippen molar-refractivity contribution in [2.24, 2.45) is 0 Å². The fourth-order valence-electron chi connectivity index (χ4n) is 3.47. The SMILES string of the molecule is CC1=COc2c(N3CCN(C)CC3)c(F)cc3c(=O)c(OC(=O)O)cn1c23. The van der Waals surface area contributed by atoms with E-state index in [1.807, 2.05) is 11.9 Å². The number of carboxylic acid groups (broad SMARTS) is 1. The van der Waals surface area contributed by atoms with Crippen LogP contribution in [-0.4, -0.2) is 54.0 Å². The quantitative estimate of drug-likeness (QED) is 0.805. The van der Waals surface area contributed by atoms with Crippen LogP contribution in [0.1, 0.15) is 6.92 Å². The fourth-order valence-corrected chi connectivity index (χ4v) is 3.47. The lowest BCUT2D eigenvalue weighted by atomic mass is 10.1. The maximum Gasteiger partial charge on any atom is 0.511 e.